The lowest BCUT2D eigenvalue weighted by Crippen LogP contribution is -2.28. The molecule has 3 nitrogen and oxygen atoms in total. The van der Waals surface area contributed by atoms with E-state index in [1.807, 2.05) is 13.0 Å². The molecule has 0 aromatic heterocycles. The van der Waals surface area contributed by atoms with Crippen molar-refractivity contribution < 1.29 is 10.0 Å². The van der Waals surface area contributed by atoms with Crippen LogP contribution in [0.25, 0.3) is 0 Å². The Morgan fingerprint density at radius 3 is 2.80 bits per heavy atom. The van der Waals surface area contributed by atoms with E-state index in [1.165, 1.54) is 0 Å². The van der Waals surface area contributed by atoms with E-state index >= 15 is 0 Å². The molecule has 10 heavy (non-hydrogen) atoms. The maximum Gasteiger partial charge on any atom is 0.458 e. The first kappa shape index (κ1) is 7.63. The van der Waals surface area contributed by atoms with Crippen LogP contribution in [0.3, 0.4) is 0 Å². The summed E-state index contributed by atoms with van der Waals surface area (Å²) in [5.41, 5.74) is 1.03. The molecule has 1 atom stereocenters. The summed E-state index contributed by atoms with van der Waals surface area (Å²) in [6.45, 7) is 2.76. The van der Waals surface area contributed by atoms with E-state index in [-0.39, 0.29) is 5.82 Å². The normalized spacial score (nSPS) is 25.1. The molecule has 0 aliphatic carbocycles. The molecule has 0 aromatic rings. The van der Waals surface area contributed by atoms with Crippen LogP contribution < -0.4 is 5.32 Å². The van der Waals surface area contributed by atoms with Crippen molar-refractivity contribution in [2.45, 2.75) is 19.2 Å². The van der Waals surface area contributed by atoms with Crippen LogP contribution in [0.1, 0.15) is 13.3 Å². The smallest absolute Gasteiger partial charge is 0.427 e. The Bertz CT molecular complexity index is 147. The predicted molar refractivity (Wildman–Crippen MR) is 40.3 cm³/mol. The molecule has 0 amide bonds. The Kier molecular flexibility index (Phi) is 2.35. The number of hydrogen-bond acceptors (Lipinski definition) is 3. The van der Waals surface area contributed by atoms with Gasteiger partial charge in [-0.1, -0.05) is 6.08 Å². The Hall–Kier alpha value is -0.475. The average molecular weight is 141 g/mol. The van der Waals surface area contributed by atoms with Gasteiger partial charge in [0.15, 0.2) is 0 Å². The highest BCUT2D eigenvalue weighted by Gasteiger charge is 2.22. The van der Waals surface area contributed by atoms with E-state index in [0.717, 1.165) is 18.7 Å². The second kappa shape index (κ2) is 3.08. The van der Waals surface area contributed by atoms with Gasteiger partial charge in [0.05, 0.1) is 0 Å². The van der Waals surface area contributed by atoms with Gasteiger partial charge in [-0.15, -0.1) is 0 Å². The third-order valence-corrected chi connectivity index (χ3v) is 1.73. The number of rotatable bonds is 1. The third-order valence-electron chi connectivity index (χ3n) is 1.73. The molecule has 0 saturated carbocycles. The van der Waals surface area contributed by atoms with Gasteiger partial charge in [0, 0.05) is 18.1 Å². The summed E-state index contributed by atoms with van der Waals surface area (Å²) in [4.78, 5) is 0. The van der Waals surface area contributed by atoms with E-state index in [4.69, 9.17) is 10.0 Å². The van der Waals surface area contributed by atoms with E-state index in [1.54, 1.807) is 0 Å². The number of hydrogen-bond donors (Lipinski definition) is 3. The van der Waals surface area contributed by atoms with Gasteiger partial charge in [-0.25, -0.2) is 0 Å². The van der Waals surface area contributed by atoms with Crippen LogP contribution in [0.2, 0.25) is 5.82 Å². The van der Waals surface area contributed by atoms with Crippen LogP contribution >= 0.6 is 0 Å². The van der Waals surface area contributed by atoms with Crippen LogP contribution in [0.4, 0.5) is 0 Å². The van der Waals surface area contributed by atoms with Gasteiger partial charge in [0.25, 0.3) is 0 Å². The van der Waals surface area contributed by atoms with Crippen LogP contribution in [-0.4, -0.2) is 23.7 Å². The maximum absolute atomic E-state index is 8.78. The molecule has 0 fully saturated rings. The minimum atomic E-state index is -1.20. The minimum Gasteiger partial charge on any atom is -0.427 e. The van der Waals surface area contributed by atoms with Gasteiger partial charge in [-0.3, -0.25) is 0 Å². The number of allylic oxidation sites excluding steroid dienone is 2. The molecular formula is C6H12BNO2. The van der Waals surface area contributed by atoms with Crippen LogP contribution in [0, 0.1) is 0 Å². The molecule has 0 radical (unpaired) electrons. The highest BCUT2D eigenvalue weighted by atomic mass is 16.4. The number of nitrogens with one attached hydrogen (secondary N) is 1. The van der Waals surface area contributed by atoms with E-state index in [9.17, 15) is 0 Å². The van der Waals surface area contributed by atoms with Gasteiger partial charge in [0.2, 0.25) is 0 Å². The third kappa shape index (κ3) is 1.75. The molecular weight excluding hydrogens is 129 g/mol. The Labute approximate surface area is 60.9 Å². The van der Waals surface area contributed by atoms with E-state index in [0.29, 0.717) is 0 Å². The van der Waals surface area contributed by atoms with Crippen LogP contribution in [0.15, 0.2) is 11.8 Å². The summed E-state index contributed by atoms with van der Waals surface area (Å²) in [5.74, 6) is -0.0822. The first-order valence-corrected chi connectivity index (χ1v) is 3.48. The Morgan fingerprint density at radius 1 is 1.70 bits per heavy atom. The van der Waals surface area contributed by atoms with Crippen molar-refractivity contribution in [3.05, 3.63) is 11.8 Å². The van der Waals surface area contributed by atoms with Gasteiger partial charge < -0.3 is 15.4 Å². The zero-order valence-electron chi connectivity index (χ0n) is 6.04. The van der Waals surface area contributed by atoms with Gasteiger partial charge in [0.1, 0.15) is 0 Å². The molecule has 1 aliphatic rings. The largest absolute Gasteiger partial charge is 0.458 e. The van der Waals surface area contributed by atoms with E-state index < -0.39 is 7.12 Å². The lowest BCUT2D eigenvalue weighted by molar-refractivity contribution is 0.387. The molecule has 0 saturated heterocycles. The molecule has 56 valence electrons. The summed E-state index contributed by atoms with van der Waals surface area (Å²) in [6.07, 6.45) is 2.66. The fourth-order valence-electron chi connectivity index (χ4n) is 1.13. The van der Waals surface area contributed by atoms with Crippen molar-refractivity contribution in [2.24, 2.45) is 0 Å². The maximum atomic E-state index is 8.78. The first-order valence-electron chi connectivity index (χ1n) is 3.48. The van der Waals surface area contributed by atoms with Gasteiger partial charge in [-0.2, -0.15) is 0 Å². The van der Waals surface area contributed by atoms with Gasteiger partial charge in [-0.05, 0) is 13.3 Å². The zero-order valence-corrected chi connectivity index (χ0v) is 6.04. The monoisotopic (exact) mass is 141 g/mol. The van der Waals surface area contributed by atoms with Gasteiger partial charge >= 0.3 is 7.12 Å². The SMILES string of the molecule is CC1=CC(B(O)O)CCN1. The summed E-state index contributed by atoms with van der Waals surface area (Å²) >= 11 is 0. The summed E-state index contributed by atoms with van der Waals surface area (Å²) in [7, 11) is -1.20. The second-order valence-electron chi connectivity index (χ2n) is 2.64. The standard InChI is InChI=1S/C6H12BNO2/c1-5-4-6(7(9)10)2-3-8-5/h4,6,8-10H,2-3H2,1H3. The molecule has 3 N–H and O–H groups in total. The first-order chi connectivity index (χ1) is 4.70. The molecule has 1 unspecified atom stereocenters. The second-order valence-corrected chi connectivity index (χ2v) is 2.64. The Morgan fingerprint density at radius 2 is 2.40 bits per heavy atom. The predicted octanol–water partition coefficient (Wildman–Crippen LogP) is -0.274. The lowest BCUT2D eigenvalue weighted by Gasteiger charge is -2.19. The minimum absolute atomic E-state index is 0.0822. The zero-order chi connectivity index (χ0) is 7.56. The fourth-order valence-corrected chi connectivity index (χ4v) is 1.13. The molecule has 1 rings (SSSR count). The molecule has 0 aromatic carbocycles. The molecule has 1 aliphatic heterocycles. The van der Waals surface area contributed by atoms with Crippen molar-refractivity contribution in [1.82, 2.24) is 5.32 Å². The lowest BCUT2D eigenvalue weighted by atomic mass is 9.69. The van der Waals surface area contributed by atoms with Crippen molar-refractivity contribution in [3.8, 4) is 0 Å². The molecule has 1 heterocycles. The van der Waals surface area contributed by atoms with Crippen molar-refractivity contribution >= 4 is 7.12 Å². The fraction of sp³-hybridized carbons (Fsp3) is 0.667. The Balaban J connectivity index is 2.53. The quantitative estimate of drug-likeness (QED) is 0.440. The van der Waals surface area contributed by atoms with E-state index in [2.05, 4.69) is 5.32 Å². The molecule has 0 bridgehead atoms. The summed E-state index contributed by atoms with van der Waals surface area (Å²) < 4.78 is 0. The van der Waals surface area contributed by atoms with Crippen LogP contribution in [-0.2, 0) is 0 Å². The average Bonchev–Trinajstić information content (AvgIpc) is 1.88. The summed E-state index contributed by atoms with van der Waals surface area (Å²) in [6, 6.07) is 0. The highest BCUT2D eigenvalue weighted by molar-refractivity contribution is 6.43. The van der Waals surface area contributed by atoms with Crippen molar-refractivity contribution in [3.63, 3.8) is 0 Å². The van der Waals surface area contributed by atoms with Crippen LogP contribution in [0.5, 0.6) is 0 Å². The summed E-state index contributed by atoms with van der Waals surface area (Å²) in [5, 5.41) is 20.7. The topological polar surface area (TPSA) is 52.5 Å². The highest BCUT2D eigenvalue weighted by Crippen LogP contribution is 2.18. The molecule has 0 spiro atoms. The molecule has 4 heteroatoms. The van der Waals surface area contributed by atoms with Crippen molar-refractivity contribution in [2.75, 3.05) is 6.54 Å². The van der Waals surface area contributed by atoms with Crippen molar-refractivity contribution in [1.29, 1.82) is 0 Å².